The molecule has 1 unspecified atom stereocenters. The number of hydrogen-bond acceptors (Lipinski definition) is 3. The van der Waals surface area contributed by atoms with E-state index in [4.69, 9.17) is 0 Å². The Morgan fingerprint density at radius 1 is 0.862 bits per heavy atom. The third-order valence-corrected chi connectivity index (χ3v) is 4.78. The zero-order valence-electron chi connectivity index (χ0n) is 16.5. The van der Waals surface area contributed by atoms with Gasteiger partial charge >= 0.3 is 0 Å². The van der Waals surface area contributed by atoms with Gasteiger partial charge in [0.1, 0.15) is 6.04 Å². The van der Waals surface area contributed by atoms with Crippen LogP contribution in [-0.2, 0) is 29.1 Å². The second-order valence-electron chi connectivity index (χ2n) is 6.92. The summed E-state index contributed by atoms with van der Waals surface area (Å²) in [6.07, 6.45) is 3.64. The van der Waals surface area contributed by atoms with Crippen LogP contribution in [0.15, 0.2) is 85.2 Å². The molecule has 1 heterocycles. The van der Waals surface area contributed by atoms with Crippen molar-refractivity contribution in [3.05, 3.63) is 102 Å². The van der Waals surface area contributed by atoms with Gasteiger partial charge in [0.15, 0.2) is 0 Å². The predicted molar refractivity (Wildman–Crippen MR) is 113 cm³/mol. The van der Waals surface area contributed by atoms with E-state index in [9.17, 15) is 9.59 Å². The first kappa shape index (κ1) is 20.3. The number of amides is 2. The Labute approximate surface area is 171 Å². The fourth-order valence-electron chi connectivity index (χ4n) is 3.07. The molecule has 3 aromatic rings. The smallest absolute Gasteiger partial charge is 0.242 e. The third-order valence-electron chi connectivity index (χ3n) is 4.78. The third kappa shape index (κ3) is 6.01. The van der Waals surface area contributed by atoms with Gasteiger partial charge < -0.3 is 10.2 Å². The van der Waals surface area contributed by atoms with Crippen LogP contribution in [0.1, 0.15) is 23.6 Å². The lowest BCUT2D eigenvalue weighted by molar-refractivity contribution is -0.140. The molecule has 1 N–H and O–H groups in total. The molecule has 3 rings (SSSR count). The summed E-state index contributed by atoms with van der Waals surface area (Å²) in [6.45, 7) is 2.56. The van der Waals surface area contributed by atoms with E-state index in [1.807, 2.05) is 72.8 Å². The summed E-state index contributed by atoms with van der Waals surface area (Å²) in [6, 6.07) is 22.4. The minimum atomic E-state index is -0.590. The molecule has 0 fully saturated rings. The van der Waals surface area contributed by atoms with Gasteiger partial charge in [-0.05, 0) is 35.7 Å². The zero-order chi connectivity index (χ0) is 20.5. The Morgan fingerprint density at radius 2 is 1.45 bits per heavy atom. The number of aromatic nitrogens is 1. The minimum Gasteiger partial charge on any atom is -0.350 e. The van der Waals surface area contributed by atoms with Crippen molar-refractivity contribution in [3.63, 3.8) is 0 Å². The summed E-state index contributed by atoms with van der Waals surface area (Å²) in [5, 5.41) is 2.92. The molecule has 0 saturated heterocycles. The van der Waals surface area contributed by atoms with E-state index in [1.165, 1.54) is 0 Å². The van der Waals surface area contributed by atoms with Gasteiger partial charge in [-0.2, -0.15) is 0 Å². The number of nitrogens with zero attached hydrogens (tertiary/aromatic N) is 2. The van der Waals surface area contributed by atoms with Crippen molar-refractivity contribution in [2.45, 2.75) is 32.5 Å². The zero-order valence-corrected chi connectivity index (χ0v) is 16.5. The van der Waals surface area contributed by atoms with Crippen LogP contribution in [0.3, 0.4) is 0 Å². The Kier molecular flexibility index (Phi) is 7.11. The van der Waals surface area contributed by atoms with Crippen LogP contribution in [0.5, 0.6) is 0 Å². The molecule has 2 aromatic carbocycles. The Bertz CT molecular complexity index is 915. The molecule has 1 aromatic heterocycles. The predicted octanol–water partition coefficient (Wildman–Crippen LogP) is 3.36. The van der Waals surface area contributed by atoms with Crippen LogP contribution in [0.4, 0.5) is 0 Å². The number of pyridine rings is 1. The fraction of sp³-hybridized carbons (Fsp3) is 0.208. The first-order chi connectivity index (χ1) is 14.1. The number of nitrogens with one attached hydrogen (secondary N) is 1. The second-order valence-corrected chi connectivity index (χ2v) is 6.92. The lowest BCUT2D eigenvalue weighted by Crippen LogP contribution is -2.47. The average molecular weight is 387 g/mol. The van der Waals surface area contributed by atoms with Gasteiger partial charge in [0.05, 0.1) is 6.42 Å². The molecular formula is C24H25N3O2. The van der Waals surface area contributed by atoms with E-state index >= 15 is 0 Å². The molecule has 1 atom stereocenters. The molecule has 2 amide bonds. The maximum atomic E-state index is 13.1. The van der Waals surface area contributed by atoms with Crippen molar-refractivity contribution in [1.82, 2.24) is 15.2 Å². The molecule has 0 aliphatic carbocycles. The number of rotatable bonds is 8. The number of carbonyl (C=O) groups excluding carboxylic acids is 2. The van der Waals surface area contributed by atoms with Crippen molar-refractivity contribution >= 4 is 11.8 Å². The Hall–Kier alpha value is -3.47. The molecule has 29 heavy (non-hydrogen) atoms. The Balaban J connectivity index is 1.71. The van der Waals surface area contributed by atoms with Crippen LogP contribution in [0.25, 0.3) is 0 Å². The first-order valence-electron chi connectivity index (χ1n) is 9.67. The van der Waals surface area contributed by atoms with E-state index in [0.29, 0.717) is 13.1 Å². The van der Waals surface area contributed by atoms with Crippen molar-refractivity contribution < 1.29 is 9.59 Å². The molecule has 148 valence electrons. The normalized spacial score (nSPS) is 11.5. The SMILES string of the molecule is CC(C(=O)NCc1ccncc1)N(Cc1ccccc1)C(=O)Cc1ccccc1. The Morgan fingerprint density at radius 3 is 2.07 bits per heavy atom. The summed E-state index contributed by atoms with van der Waals surface area (Å²) in [4.78, 5) is 31.5. The monoisotopic (exact) mass is 387 g/mol. The summed E-state index contributed by atoms with van der Waals surface area (Å²) < 4.78 is 0. The highest BCUT2D eigenvalue weighted by molar-refractivity contribution is 5.88. The van der Waals surface area contributed by atoms with Gasteiger partial charge in [-0.25, -0.2) is 0 Å². The molecule has 0 radical (unpaired) electrons. The maximum Gasteiger partial charge on any atom is 0.242 e. The topological polar surface area (TPSA) is 62.3 Å². The highest BCUT2D eigenvalue weighted by Gasteiger charge is 2.26. The van der Waals surface area contributed by atoms with Gasteiger partial charge in [-0.3, -0.25) is 14.6 Å². The quantitative estimate of drug-likeness (QED) is 0.645. The van der Waals surface area contributed by atoms with Crippen LogP contribution in [-0.4, -0.2) is 27.7 Å². The molecule has 5 heteroatoms. The minimum absolute atomic E-state index is 0.0772. The van der Waals surface area contributed by atoms with Crippen LogP contribution < -0.4 is 5.32 Å². The van der Waals surface area contributed by atoms with Gasteiger partial charge in [-0.15, -0.1) is 0 Å². The van der Waals surface area contributed by atoms with Gasteiger partial charge in [0.2, 0.25) is 11.8 Å². The summed E-state index contributed by atoms with van der Waals surface area (Å²) >= 11 is 0. The number of carbonyl (C=O) groups is 2. The van der Waals surface area contributed by atoms with E-state index in [1.54, 1.807) is 24.2 Å². The standard InChI is InChI=1S/C24H25N3O2/c1-19(24(29)26-17-21-12-14-25-15-13-21)27(18-22-10-6-3-7-11-22)23(28)16-20-8-4-2-5-9-20/h2-15,19H,16-18H2,1H3,(H,26,29). The number of benzene rings is 2. The highest BCUT2D eigenvalue weighted by atomic mass is 16.2. The molecule has 5 nitrogen and oxygen atoms in total. The maximum absolute atomic E-state index is 13.1. The fourth-order valence-corrected chi connectivity index (χ4v) is 3.07. The molecule has 0 aliphatic rings. The van der Waals surface area contributed by atoms with Crippen molar-refractivity contribution in [1.29, 1.82) is 0 Å². The first-order valence-corrected chi connectivity index (χ1v) is 9.67. The van der Waals surface area contributed by atoms with Gasteiger partial charge in [-0.1, -0.05) is 60.7 Å². The van der Waals surface area contributed by atoms with Crippen molar-refractivity contribution in [2.75, 3.05) is 0 Å². The second kappa shape index (κ2) is 10.2. The average Bonchev–Trinajstić information content (AvgIpc) is 2.77. The molecule has 0 spiro atoms. The van der Waals surface area contributed by atoms with Gasteiger partial charge in [0.25, 0.3) is 0 Å². The van der Waals surface area contributed by atoms with E-state index < -0.39 is 6.04 Å². The summed E-state index contributed by atoms with van der Waals surface area (Å²) in [5.74, 6) is -0.259. The van der Waals surface area contributed by atoms with Crippen LogP contribution >= 0.6 is 0 Å². The largest absolute Gasteiger partial charge is 0.350 e. The van der Waals surface area contributed by atoms with E-state index in [0.717, 1.165) is 16.7 Å². The van der Waals surface area contributed by atoms with Crippen molar-refractivity contribution in [3.8, 4) is 0 Å². The van der Waals surface area contributed by atoms with Crippen LogP contribution in [0, 0.1) is 0 Å². The lowest BCUT2D eigenvalue weighted by Gasteiger charge is -2.29. The highest BCUT2D eigenvalue weighted by Crippen LogP contribution is 2.12. The molecule has 0 aliphatic heterocycles. The lowest BCUT2D eigenvalue weighted by atomic mass is 10.1. The summed E-state index contributed by atoms with van der Waals surface area (Å²) in [5.41, 5.74) is 2.88. The molecule has 0 bridgehead atoms. The van der Waals surface area contributed by atoms with E-state index in [2.05, 4.69) is 10.3 Å². The number of hydrogen-bond donors (Lipinski definition) is 1. The van der Waals surface area contributed by atoms with E-state index in [-0.39, 0.29) is 18.2 Å². The molecular weight excluding hydrogens is 362 g/mol. The summed E-state index contributed by atoms with van der Waals surface area (Å²) in [7, 11) is 0. The van der Waals surface area contributed by atoms with Gasteiger partial charge in [0, 0.05) is 25.5 Å². The van der Waals surface area contributed by atoms with Crippen molar-refractivity contribution in [2.24, 2.45) is 0 Å². The van der Waals surface area contributed by atoms with Crippen LogP contribution in [0.2, 0.25) is 0 Å². The molecule has 0 saturated carbocycles.